The van der Waals surface area contributed by atoms with Gasteiger partial charge in [0.2, 0.25) is 5.82 Å². The zero-order valence-electron chi connectivity index (χ0n) is 7.75. The van der Waals surface area contributed by atoms with Crippen LogP contribution in [0.25, 0.3) is 11.0 Å². The molecule has 0 saturated heterocycles. The minimum absolute atomic E-state index is 0.0362. The molecule has 0 aliphatic rings. The minimum atomic E-state index is -1.33. The van der Waals surface area contributed by atoms with Crippen molar-refractivity contribution in [2.75, 3.05) is 0 Å². The first kappa shape index (κ1) is 10.3. The van der Waals surface area contributed by atoms with Gasteiger partial charge in [0.05, 0.1) is 5.56 Å². The van der Waals surface area contributed by atoms with E-state index in [4.69, 9.17) is 10.5 Å². The van der Waals surface area contributed by atoms with Gasteiger partial charge < -0.3 is 14.9 Å². The fourth-order valence-corrected chi connectivity index (χ4v) is 1.30. The lowest BCUT2D eigenvalue weighted by molar-refractivity contribution is 0.392. The second-order valence-corrected chi connectivity index (χ2v) is 3.07. The normalized spacial score (nSPS) is 10.6. The van der Waals surface area contributed by atoms with Gasteiger partial charge in [-0.2, -0.15) is 4.39 Å². The van der Waals surface area contributed by atoms with E-state index in [1.807, 2.05) is 0 Å². The fourth-order valence-electron chi connectivity index (χ4n) is 1.30. The Bertz CT molecular complexity index is 649. The highest BCUT2D eigenvalue weighted by Crippen LogP contribution is 2.27. The maximum Gasteiger partial charge on any atom is 0.345 e. The van der Waals surface area contributed by atoms with Gasteiger partial charge in [-0.05, 0) is 12.1 Å². The van der Waals surface area contributed by atoms with Crippen molar-refractivity contribution in [2.45, 2.75) is 0 Å². The standard InChI is InChI=1S/C10H5F2NO3/c11-6-2-4-1-5(3-13)10(15)16-9(4)7(12)8(6)14/h1-3,13-14H. The van der Waals surface area contributed by atoms with Gasteiger partial charge in [-0.1, -0.05) is 0 Å². The van der Waals surface area contributed by atoms with E-state index in [0.717, 1.165) is 12.1 Å². The van der Waals surface area contributed by atoms with Crippen molar-refractivity contribution in [3.63, 3.8) is 0 Å². The molecule has 0 unspecified atom stereocenters. The first-order chi connectivity index (χ1) is 7.54. The third-order valence-electron chi connectivity index (χ3n) is 2.07. The lowest BCUT2D eigenvalue weighted by Crippen LogP contribution is -2.06. The van der Waals surface area contributed by atoms with E-state index in [1.54, 1.807) is 0 Å². The first-order valence-electron chi connectivity index (χ1n) is 4.20. The summed E-state index contributed by atoms with van der Waals surface area (Å²) in [5.74, 6) is -3.68. The van der Waals surface area contributed by atoms with Gasteiger partial charge in [0, 0.05) is 11.6 Å². The first-order valence-corrected chi connectivity index (χ1v) is 4.20. The van der Waals surface area contributed by atoms with Gasteiger partial charge in [-0.15, -0.1) is 0 Å². The molecule has 0 amide bonds. The molecule has 1 aromatic carbocycles. The summed E-state index contributed by atoms with van der Waals surface area (Å²) in [6, 6.07) is 1.93. The molecule has 0 atom stereocenters. The number of aromatic hydroxyl groups is 1. The maximum atomic E-state index is 13.3. The topological polar surface area (TPSA) is 74.3 Å². The number of phenols is 1. The Hall–Kier alpha value is -2.24. The van der Waals surface area contributed by atoms with Crippen LogP contribution >= 0.6 is 0 Å². The molecule has 82 valence electrons. The van der Waals surface area contributed by atoms with Crippen LogP contribution in [0.15, 0.2) is 21.3 Å². The minimum Gasteiger partial charge on any atom is -0.503 e. The molecule has 0 aliphatic carbocycles. The second kappa shape index (κ2) is 3.41. The van der Waals surface area contributed by atoms with Crippen molar-refractivity contribution in [1.82, 2.24) is 0 Å². The molecule has 1 aromatic heterocycles. The number of nitrogens with one attached hydrogen (secondary N) is 1. The van der Waals surface area contributed by atoms with Crippen LogP contribution in [0.4, 0.5) is 8.78 Å². The highest BCUT2D eigenvalue weighted by atomic mass is 19.1. The molecule has 16 heavy (non-hydrogen) atoms. The van der Waals surface area contributed by atoms with Crippen LogP contribution < -0.4 is 5.63 Å². The summed E-state index contributed by atoms with van der Waals surface area (Å²) < 4.78 is 30.8. The number of rotatable bonds is 1. The van der Waals surface area contributed by atoms with E-state index in [2.05, 4.69) is 4.42 Å². The molecule has 1 heterocycles. The molecule has 0 spiro atoms. The molecule has 4 nitrogen and oxygen atoms in total. The zero-order valence-corrected chi connectivity index (χ0v) is 7.75. The molecule has 2 aromatic rings. The number of hydrogen-bond donors (Lipinski definition) is 2. The van der Waals surface area contributed by atoms with Gasteiger partial charge in [0.1, 0.15) is 0 Å². The monoisotopic (exact) mass is 225 g/mol. The summed E-state index contributed by atoms with van der Waals surface area (Å²) in [7, 11) is 0. The number of phenolic OH excluding ortho intramolecular Hbond substituents is 1. The van der Waals surface area contributed by atoms with E-state index in [9.17, 15) is 13.6 Å². The molecule has 2 N–H and O–H groups in total. The van der Waals surface area contributed by atoms with Crippen molar-refractivity contribution in [1.29, 1.82) is 5.41 Å². The quantitative estimate of drug-likeness (QED) is 0.573. The van der Waals surface area contributed by atoms with Crippen LogP contribution in [0.2, 0.25) is 0 Å². The van der Waals surface area contributed by atoms with Gasteiger partial charge in [0.25, 0.3) is 0 Å². The molecule has 2 rings (SSSR count). The number of benzene rings is 1. The summed E-state index contributed by atoms with van der Waals surface area (Å²) in [4.78, 5) is 11.2. The van der Waals surface area contributed by atoms with Crippen molar-refractivity contribution >= 4 is 17.2 Å². The lowest BCUT2D eigenvalue weighted by Gasteiger charge is -2.02. The van der Waals surface area contributed by atoms with Crippen LogP contribution in [-0.2, 0) is 0 Å². The summed E-state index contributed by atoms with van der Waals surface area (Å²) in [6.07, 6.45) is 0.716. The van der Waals surface area contributed by atoms with E-state index in [1.165, 1.54) is 0 Å². The third-order valence-corrected chi connectivity index (χ3v) is 2.07. The Morgan fingerprint density at radius 1 is 1.38 bits per heavy atom. The SMILES string of the molecule is N=Cc1cc2cc(F)c(O)c(F)c2oc1=O. The summed E-state index contributed by atoms with van der Waals surface area (Å²) >= 11 is 0. The van der Waals surface area contributed by atoms with Crippen molar-refractivity contribution in [3.8, 4) is 5.75 Å². The Kier molecular flexibility index (Phi) is 2.19. The van der Waals surface area contributed by atoms with Crippen molar-refractivity contribution in [2.24, 2.45) is 0 Å². The molecule has 0 saturated carbocycles. The maximum absolute atomic E-state index is 13.3. The zero-order chi connectivity index (χ0) is 11.9. The molecule has 6 heteroatoms. The molecule has 0 radical (unpaired) electrons. The smallest absolute Gasteiger partial charge is 0.345 e. The predicted molar refractivity (Wildman–Crippen MR) is 52.0 cm³/mol. The average molecular weight is 225 g/mol. The molecule has 0 bridgehead atoms. The van der Waals surface area contributed by atoms with Crippen molar-refractivity contribution in [3.05, 3.63) is 39.8 Å². The molecule has 0 fully saturated rings. The van der Waals surface area contributed by atoms with Crippen LogP contribution in [0.3, 0.4) is 0 Å². The van der Waals surface area contributed by atoms with E-state index >= 15 is 0 Å². The summed E-state index contributed by atoms with van der Waals surface area (Å²) in [5.41, 5.74) is -1.58. The van der Waals surface area contributed by atoms with Crippen LogP contribution in [-0.4, -0.2) is 11.3 Å². The largest absolute Gasteiger partial charge is 0.503 e. The van der Waals surface area contributed by atoms with Crippen LogP contribution in [0.5, 0.6) is 5.75 Å². The fraction of sp³-hybridized carbons (Fsp3) is 0. The lowest BCUT2D eigenvalue weighted by atomic mass is 10.1. The summed E-state index contributed by atoms with van der Waals surface area (Å²) in [6.45, 7) is 0. The van der Waals surface area contributed by atoms with Gasteiger partial charge in [-0.3, -0.25) is 0 Å². The van der Waals surface area contributed by atoms with Crippen LogP contribution in [0, 0.1) is 17.0 Å². The Morgan fingerprint density at radius 3 is 2.69 bits per heavy atom. The van der Waals surface area contributed by atoms with Crippen molar-refractivity contribution < 1.29 is 18.3 Å². The average Bonchev–Trinajstić information content (AvgIpc) is 2.27. The van der Waals surface area contributed by atoms with Crippen LogP contribution in [0.1, 0.15) is 5.56 Å². The molecular weight excluding hydrogens is 220 g/mol. The predicted octanol–water partition coefficient (Wildman–Crippen LogP) is 1.77. The van der Waals surface area contributed by atoms with E-state index in [0.29, 0.717) is 6.21 Å². The third kappa shape index (κ3) is 1.35. The number of fused-ring (bicyclic) bond motifs is 1. The van der Waals surface area contributed by atoms with Gasteiger partial charge in [0.15, 0.2) is 17.1 Å². The van der Waals surface area contributed by atoms with Gasteiger partial charge in [-0.25, -0.2) is 9.18 Å². The molecule has 0 aliphatic heterocycles. The number of hydrogen-bond acceptors (Lipinski definition) is 4. The highest BCUT2D eigenvalue weighted by Gasteiger charge is 2.16. The highest BCUT2D eigenvalue weighted by molar-refractivity contribution is 5.86. The summed E-state index contributed by atoms with van der Waals surface area (Å²) in [5, 5.41) is 15.8. The number of halogens is 2. The Morgan fingerprint density at radius 2 is 2.06 bits per heavy atom. The van der Waals surface area contributed by atoms with Gasteiger partial charge >= 0.3 is 5.63 Å². The Labute approximate surface area is 87.3 Å². The van der Waals surface area contributed by atoms with E-state index < -0.39 is 28.6 Å². The second-order valence-electron chi connectivity index (χ2n) is 3.07. The molecular formula is C10H5F2NO3. The Balaban J connectivity index is 2.97. The van der Waals surface area contributed by atoms with E-state index in [-0.39, 0.29) is 10.9 Å².